The number of hydrogen-bond acceptors (Lipinski definition) is 4. The first kappa shape index (κ1) is 23.0. The van der Waals surface area contributed by atoms with Crippen LogP contribution in [0.25, 0.3) is 5.65 Å². The van der Waals surface area contributed by atoms with Crippen molar-refractivity contribution in [2.24, 2.45) is 23.7 Å². The third-order valence-corrected chi connectivity index (χ3v) is 7.17. The molecule has 2 aromatic heterocycles. The van der Waals surface area contributed by atoms with E-state index in [9.17, 15) is 9.59 Å². The molecule has 5 rings (SSSR count). The summed E-state index contributed by atoms with van der Waals surface area (Å²) in [5.41, 5.74) is 2.95. The van der Waals surface area contributed by atoms with Gasteiger partial charge in [-0.2, -0.15) is 0 Å². The Morgan fingerprint density at radius 1 is 1.18 bits per heavy atom. The smallest absolute Gasteiger partial charge is 0.290 e. The van der Waals surface area contributed by atoms with Gasteiger partial charge in [-0.05, 0) is 75.0 Å². The highest BCUT2D eigenvalue weighted by Gasteiger charge is 2.40. The Hall–Kier alpha value is -3.16. The van der Waals surface area contributed by atoms with Gasteiger partial charge in [0.25, 0.3) is 6.47 Å². The van der Waals surface area contributed by atoms with E-state index >= 15 is 0 Å². The van der Waals surface area contributed by atoms with Crippen molar-refractivity contribution in [3.8, 4) is 0 Å². The molecule has 0 saturated heterocycles. The number of fused-ring (bicyclic) bond motifs is 3. The molecule has 33 heavy (non-hydrogen) atoms. The summed E-state index contributed by atoms with van der Waals surface area (Å²) in [5.74, 6) is 1.58. The zero-order chi connectivity index (χ0) is 23.4. The topological polar surface area (TPSA) is 113 Å². The summed E-state index contributed by atoms with van der Waals surface area (Å²) in [7, 11) is 0. The maximum absolute atomic E-state index is 12.6. The van der Waals surface area contributed by atoms with Gasteiger partial charge in [0.1, 0.15) is 5.65 Å². The lowest BCUT2D eigenvalue weighted by molar-refractivity contribution is -0.127. The van der Waals surface area contributed by atoms with Crippen molar-refractivity contribution < 1.29 is 19.5 Å². The van der Waals surface area contributed by atoms with Crippen molar-refractivity contribution in [3.05, 3.63) is 47.9 Å². The van der Waals surface area contributed by atoms with E-state index in [2.05, 4.69) is 27.8 Å². The fraction of sp³-hybridized carbons (Fsp3) is 0.520. The van der Waals surface area contributed by atoms with Crippen LogP contribution in [0.5, 0.6) is 0 Å². The number of carbonyl (C=O) groups excluding carboxylic acids is 2. The zero-order valence-corrected chi connectivity index (χ0v) is 18.9. The van der Waals surface area contributed by atoms with Crippen LogP contribution in [0.1, 0.15) is 49.8 Å². The highest BCUT2D eigenvalue weighted by atomic mass is 16.3. The van der Waals surface area contributed by atoms with E-state index in [1.165, 1.54) is 5.56 Å². The molecule has 0 unspecified atom stereocenters. The molecule has 0 aliphatic heterocycles. The van der Waals surface area contributed by atoms with Crippen molar-refractivity contribution in [2.75, 3.05) is 0 Å². The lowest BCUT2D eigenvalue weighted by Crippen LogP contribution is -2.43. The summed E-state index contributed by atoms with van der Waals surface area (Å²) < 4.78 is 1.98. The first-order chi connectivity index (χ1) is 16.0. The predicted molar refractivity (Wildman–Crippen MR) is 123 cm³/mol. The number of imidazole rings is 1. The van der Waals surface area contributed by atoms with E-state index < -0.39 is 0 Å². The van der Waals surface area contributed by atoms with E-state index in [0.29, 0.717) is 18.4 Å². The summed E-state index contributed by atoms with van der Waals surface area (Å²) in [6, 6.07) is 4.29. The van der Waals surface area contributed by atoms with Crippen LogP contribution in [-0.2, 0) is 20.9 Å². The van der Waals surface area contributed by atoms with E-state index in [-0.39, 0.29) is 36.2 Å². The quantitative estimate of drug-likeness (QED) is 0.477. The van der Waals surface area contributed by atoms with Crippen molar-refractivity contribution in [1.82, 2.24) is 20.0 Å². The number of aryl methyl sites for hydroxylation is 1. The Morgan fingerprint density at radius 2 is 1.94 bits per heavy atom. The Labute approximate surface area is 193 Å². The molecular weight excluding hydrogens is 420 g/mol. The van der Waals surface area contributed by atoms with E-state index in [0.717, 1.165) is 49.9 Å². The van der Waals surface area contributed by atoms with Crippen LogP contribution < -0.4 is 10.6 Å². The lowest BCUT2D eigenvalue weighted by Gasteiger charge is -2.30. The van der Waals surface area contributed by atoms with Crippen LogP contribution in [0.2, 0.25) is 0 Å². The van der Waals surface area contributed by atoms with Gasteiger partial charge in [-0.3, -0.25) is 14.4 Å². The Morgan fingerprint density at radius 3 is 2.61 bits per heavy atom. The second kappa shape index (κ2) is 10.2. The molecule has 0 aromatic carbocycles. The third-order valence-electron chi connectivity index (χ3n) is 7.17. The van der Waals surface area contributed by atoms with Gasteiger partial charge in [0.2, 0.25) is 11.8 Å². The van der Waals surface area contributed by atoms with Crippen LogP contribution in [0.15, 0.2) is 36.7 Å². The maximum Gasteiger partial charge on any atom is 0.290 e. The highest BCUT2D eigenvalue weighted by molar-refractivity contribution is 5.81. The molecule has 176 valence electrons. The molecule has 8 nitrogen and oxygen atoms in total. The number of aromatic nitrogens is 2. The fourth-order valence-electron chi connectivity index (χ4n) is 5.43. The number of carboxylic acid groups (broad SMARTS) is 1. The molecule has 0 radical (unpaired) electrons. The molecule has 2 heterocycles. The number of nitrogens with one attached hydrogen (secondary N) is 2. The largest absolute Gasteiger partial charge is 0.483 e. The predicted octanol–water partition coefficient (Wildman–Crippen LogP) is 2.85. The molecule has 0 spiro atoms. The lowest BCUT2D eigenvalue weighted by atomic mass is 9.84. The first-order valence-electron chi connectivity index (χ1n) is 11.7. The summed E-state index contributed by atoms with van der Waals surface area (Å²) >= 11 is 0. The van der Waals surface area contributed by atoms with Gasteiger partial charge < -0.3 is 20.1 Å². The molecular formula is C25H32N4O4. The maximum atomic E-state index is 12.6. The molecule has 2 amide bonds. The fourth-order valence-corrected chi connectivity index (χ4v) is 5.43. The minimum atomic E-state index is -0.250. The van der Waals surface area contributed by atoms with Crippen LogP contribution in [0.3, 0.4) is 0 Å². The number of rotatable bonds is 5. The van der Waals surface area contributed by atoms with Gasteiger partial charge in [-0.15, -0.1) is 0 Å². The van der Waals surface area contributed by atoms with Gasteiger partial charge in [-0.1, -0.05) is 12.2 Å². The van der Waals surface area contributed by atoms with E-state index in [4.69, 9.17) is 9.90 Å². The number of amides is 2. The number of pyridine rings is 1. The van der Waals surface area contributed by atoms with Crippen molar-refractivity contribution in [3.63, 3.8) is 0 Å². The number of nitrogens with zero attached hydrogens (tertiary/aromatic N) is 2. The normalized spacial score (nSPS) is 27.6. The van der Waals surface area contributed by atoms with Crippen molar-refractivity contribution in [1.29, 1.82) is 0 Å². The minimum absolute atomic E-state index is 0.0304. The summed E-state index contributed by atoms with van der Waals surface area (Å²) in [6.07, 6.45) is 14.0. The molecule has 3 N–H and O–H groups in total. The Bertz CT molecular complexity index is 1040. The van der Waals surface area contributed by atoms with Crippen molar-refractivity contribution in [2.45, 2.75) is 58.0 Å². The molecule has 3 atom stereocenters. The average Bonchev–Trinajstić information content (AvgIpc) is 3.54. The zero-order valence-electron chi connectivity index (χ0n) is 18.9. The van der Waals surface area contributed by atoms with Gasteiger partial charge in [0.15, 0.2) is 0 Å². The molecule has 2 saturated carbocycles. The molecule has 3 aliphatic rings. The van der Waals surface area contributed by atoms with E-state index in [1.54, 1.807) is 0 Å². The SMILES string of the molecule is Cc1ccn2cc(CNC(=O)C3CCC(NC(=O)[C@H]4C[C@@H]5C=C[C@H]4C5)CC3)nc2c1.O=CO. The third kappa shape index (κ3) is 5.43. The second-order valence-corrected chi connectivity index (χ2v) is 9.47. The number of hydrogen-bond donors (Lipinski definition) is 3. The molecule has 8 heteroatoms. The summed E-state index contributed by atoms with van der Waals surface area (Å²) in [5, 5.41) is 13.2. The van der Waals surface area contributed by atoms with Crippen LogP contribution in [-0.4, -0.2) is 38.8 Å². The number of allylic oxidation sites excluding steroid dienone is 2. The molecule has 3 aliphatic carbocycles. The minimum Gasteiger partial charge on any atom is -0.483 e. The first-order valence-corrected chi connectivity index (χ1v) is 11.7. The van der Waals surface area contributed by atoms with E-state index in [1.807, 2.05) is 35.9 Å². The second-order valence-electron chi connectivity index (χ2n) is 9.47. The van der Waals surface area contributed by atoms with Crippen LogP contribution in [0, 0.1) is 30.6 Å². The molecule has 2 aromatic rings. The van der Waals surface area contributed by atoms with Crippen LogP contribution in [0.4, 0.5) is 0 Å². The van der Waals surface area contributed by atoms with Gasteiger partial charge in [-0.25, -0.2) is 4.98 Å². The van der Waals surface area contributed by atoms with Crippen LogP contribution >= 0.6 is 0 Å². The molecule has 2 bridgehead atoms. The number of carbonyl (C=O) groups is 3. The Kier molecular flexibility index (Phi) is 7.11. The Balaban J connectivity index is 0.000000821. The summed E-state index contributed by atoms with van der Waals surface area (Å²) in [4.78, 5) is 38.2. The summed E-state index contributed by atoms with van der Waals surface area (Å²) in [6.45, 7) is 2.25. The monoisotopic (exact) mass is 452 g/mol. The van der Waals surface area contributed by atoms with Gasteiger partial charge >= 0.3 is 0 Å². The average molecular weight is 453 g/mol. The molecule has 2 fully saturated rings. The van der Waals surface area contributed by atoms with Gasteiger partial charge in [0, 0.05) is 30.3 Å². The van der Waals surface area contributed by atoms with Gasteiger partial charge in [0.05, 0.1) is 12.2 Å². The van der Waals surface area contributed by atoms with Crippen molar-refractivity contribution >= 4 is 23.9 Å². The highest BCUT2D eigenvalue weighted by Crippen LogP contribution is 2.43. The standard InChI is InChI=1S/C24H30N4O2.CH2O2/c1-15-8-9-28-14-20(26-22(28)10-15)13-25-23(29)17-4-6-19(7-5-17)27-24(30)21-12-16-2-3-18(21)11-16;2-1-3/h2-3,8-10,14,16-19,21H,4-7,11-13H2,1H3,(H,25,29)(H,27,30);1H,(H,2,3)/t16-,17?,18+,19?,21+;/m1./s1.